The van der Waals surface area contributed by atoms with Crippen LogP contribution in [0.3, 0.4) is 0 Å². The maximum Gasteiger partial charge on any atom is 0.253 e. The quantitative estimate of drug-likeness (QED) is 0.332. The second kappa shape index (κ2) is 12.6. The number of carbonyl (C=O) groups excluding carboxylic acids is 3. The van der Waals surface area contributed by atoms with Gasteiger partial charge in [-0.25, -0.2) is 0 Å². The zero-order valence-electron chi connectivity index (χ0n) is 27.2. The van der Waals surface area contributed by atoms with Gasteiger partial charge in [0.1, 0.15) is 11.6 Å². The molecule has 5 rings (SSSR count). The lowest BCUT2D eigenvalue weighted by Gasteiger charge is -2.41. The van der Waals surface area contributed by atoms with Gasteiger partial charge in [-0.15, -0.1) is 13.2 Å². The second-order valence-electron chi connectivity index (χ2n) is 13.1. The Kier molecular flexibility index (Phi) is 9.11. The van der Waals surface area contributed by atoms with Crippen molar-refractivity contribution in [2.45, 2.75) is 77.2 Å². The van der Waals surface area contributed by atoms with Crippen LogP contribution in [0.25, 0.3) is 0 Å². The van der Waals surface area contributed by atoms with Crippen molar-refractivity contribution < 1.29 is 24.2 Å². The number of fused-ring (bicyclic) bond motifs is 1. The minimum Gasteiger partial charge on any atom is -0.394 e. The largest absolute Gasteiger partial charge is 0.394 e. The fourth-order valence-corrected chi connectivity index (χ4v) is 8.32. The molecule has 0 saturated carbocycles. The van der Waals surface area contributed by atoms with Gasteiger partial charge in [-0.3, -0.25) is 14.4 Å². The zero-order chi connectivity index (χ0) is 32.7. The van der Waals surface area contributed by atoms with E-state index >= 15 is 4.79 Å². The van der Waals surface area contributed by atoms with Gasteiger partial charge >= 0.3 is 0 Å². The molecule has 240 valence electrons. The van der Waals surface area contributed by atoms with Crippen molar-refractivity contribution in [3.05, 3.63) is 85.0 Å². The van der Waals surface area contributed by atoms with E-state index in [-0.39, 0.29) is 43.3 Å². The zero-order valence-corrected chi connectivity index (χ0v) is 27.2. The first kappa shape index (κ1) is 32.6. The average molecular weight is 614 g/mol. The third kappa shape index (κ3) is 5.03. The third-order valence-corrected chi connectivity index (χ3v) is 10.4. The van der Waals surface area contributed by atoms with Crippen molar-refractivity contribution >= 4 is 29.1 Å². The van der Waals surface area contributed by atoms with E-state index in [0.717, 1.165) is 16.8 Å². The van der Waals surface area contributed by atoms with E-state index in [4.69, 9.17) is 4.74 Å². The number of amides is 3. The number of para-hydroxylation sites is 2. The van der Waals surface area contributed by atoms with Crippen LogP contribution in [0.5, 0.6) is 0 Å². The SMILES string of the molecule is C=CCN(C(=O)[C@H]1[C@H]2C(=O)N([C@@H](CO)C(C)C)C(C(=O)N(CC=C)c3c(C)cccc3C)C23CC[C@]1(CC)O3)c1ccccc1. The van der Waals surface area contributed by atoms with Crippen molar-refractivity contribution in [3.8, 4) is 0 Å². The average Bonchev–Trinajstić information content (AvgIpc) is 3.63. The summed E-state index contributed by atoms with van der Waals surface area (Å²) in [5, 5.41) is 10.7. The molecule has 2 aromatic rings. The van der Waals surface area contributed by atoms with Crippen LogP contribution in [-0.4, -0.2) is 70.7 Å². The van der Waals surface area contributed by atoms with E-state index in [9.17, 15) is 14.7 Å². The molecular formula is C37H47N3O5. The maximum absolute atomic E-state index is 15.1. The van der Waals surface area contributed by atoms with Crippen molar-refractivity contribution in [1.29, 1.82) is 0 Å². The maximum atomic E-state index is 15.1. The van der Waals surface area contributed by atoms with Gasteiger partial charge in [0.15, 0.2) is 0 Å². The Morgan fingerprint density at radius 2 is 1.62 bits per heavy atom. The summed E-state index contributed by atoms with van der Waals surface area (Å²) in [7, 11) is 0. The number of hydrogen-bond acceptors (Lipinski definition) is 5. The Morgan fingerprint density at radius 1 is 1.00 bits per heavy atom. The number of carbonyl (C=O) groups is 3. The van der Waals surface area contributed by atoms with Crippen molar-refractivity contribution in [2.24, 2.45) is 17.8 Å². The first-order valence-electron chi connectivity index (χ1n) is 16.1. The molecule has 3 amide bonds. The van der Waals surface area contributed by atoms with Gasteiger partial charge in [0.2, 0.25) is 11.8 Å². The highest BCUT2D eigenvalue weighted by molar-refractivity contribution is 6.07. The summed E-state index contributed by atoms with van der Waals surface area (Å²) in [5.41, 5.74) is 1.21. The van der Waals surface area contributed by atoms with E-state index in [1.807, 2.05) is 83.1 Å². The molecule has 2 bridgehead atoms. The lowest BCUT2D eigenvalue weighted by Crippen LogP contribution is -2.60. The molecular weight excluding hydrogens is 566 g/mol. The Balaban J connectivity index is 1.69. The number of nitrogens with zero attached hydrogens (tertiary/aromatic N) is 3. The van der Waals surface area contributed by atoms with Crippen LogP contribution in [0.15, 0.2) is 73.8 Å². The third-order valence-electron chi connectivity index (χ3n) is 10.4. The molecule has 0 aromatic heterocycles. The molecule has 8 heteroatoms. The van der Waals surface area contributed by atoms with Crippen LogP contribution in [0, 0.1) is 31.6 Å². The summed E-state index contributed by atoms with van der Waals surface area (Å²) in [6, 6.07) is 13.6. The molecule has 2 aromatic carbocycles. The van der Waals surface area contributed by atoms with Gasteiger partial charge < -0.3 is 24.5 Å². The number of ether oxygens (including phenoxy) is 1. The van der Waals surface area contributed by atoms with E-state index in [1.54, 1.807) is 26.9 Å². The minimum absolute atomic E-state index is 0.148. The Labute approximate surface area is 267 Å². The van der Waals surface area contributed by atoms with Crippen LogP contribution < -0.4 is 9.80 Å². The molecule has 0 aliphatic carbocycles. The number of aliphatic hydroxyl groups excluding tert-OH is 1. The fraction of sp³-hybridized carbons (Fsp3) is 0.486. The van der Waals surface area contributed by atoms with E-state index in [0.29, 0.717) is 24.9 Å². The summed E-state index contributed by atoms with van der Waals surface area (Å²) in [6.45, 7) is 17.8. The summed E-state index contributed by atoms with van der Waals surface area (Å²) in [4.78, 5) is 49.7. The molecule has 3 heterocycles. The first-order chi connectivity index (χ1) is 21.5. The van der Waals surface area contributed by atoms with Gasteiger partial charge in [-0.2, -0.15) is 0 Å². The predicted molar refractivity (Wildman–Crippen MR) is 177 cm³/mol. The van der Waals surface area contributed by atoms with E-state index < -0.39 is 35.1 Å². The molecule has 3 aliphatic heterocycles. The van der Waals surface area contributed by atoms with Crippen molar-refractivity contribution in [2.75, 3.05) is 29.5 Å². The fourth-order valence-electron chi connectivity index (χ4n) is 8.32. The summed E-state index contributed by atoms with van der Waals surface area (Å²) >= 11 is 0. The molecule has 3 saturated heterocycles. The van der Waals surface area contributed by atoms with Gasteiger partial charge in [0.05, 0.1) is 30.1 Å². The predicted octanol–water partition coefficient (Wildman–Crippen LogP) is 5.21. The summed E-state index contributed by atoms with van der Waals surface area (Å²) in [5.74, 6) is -2.62. The van der Waals surface area contributed by atoms with Crippen LogP contribution >= 0.6 is 0 Å². The smallest absolute Gasteiger partial charge is 0.253 e. The Hall–Kier alpha value is -3.75. The highest BCUT2D eigenvalue weighted by atomic mass is 16.5. The van der Waals surface area contributed by atoms with Crippen LogP contribution in [-0.2, 0) is 19.1 Å². The number of anilines is 2. The summed E-state index contributed by atoms with van der Waals surface area (Å²) in [6.07, 6.45) is 4.90. The van der Waals surface area contributed by atoms with Gasteiger partial charge in [-0.1, -0.05) is 69.3 Å². The number of benzene rings is 2. The van der Waals surface area contributed by atoms with Crippen molar-refractivity contribution in [3.63, 3.8) is 0 Å². The number of hydrogen-bond donors (Lipinski definition) is 1. The lowest BCUT2D eigenvalue weighted by molar-refractivity contribution is -0.150. The topological polar surface area (TPSA) is 90.4 Å². The highest BCUT2D eigenvalue weighted by Crippen LogP contribution is 2.65. The molecule has 8 nitrogen and oxygen atoms in total. The van der Waals surface area contributed by atoms with Crippen LogP contribution in [0.2, 0.25) is 0 Å². The molecule has 2 unspecified atom stereocenters. The van der Waals surface area contributed by atoms with Crippen LogP contribution in [0.4, 0.5) is 11.4 Å². The monoisotopic (exact) mass is 613 g/mol. The number of likely N-dealkylation sites (tertiary alicyclic amines) is 1. The Morgan fingerprint density at radius 3 is 2.18 bits per heavy atom. The molecule has 1 spiro atoms. The summed E-state index contributed by atoms with van der Waals surface area (Å²) < 4.78 is 7.06. The molecule has 0 radical (unpaired) electrons. The normalized spacial score (nSPS) is 27.4. The second-order valence-corrected chi connectivity index (χ2v) is 13.1. The number of aliphatic hydroxyl groups is 1. The van der Waals surface area contributed by atoms with E-state index in [1.165, 1.54) is 0 Å². The van der Waals surface area contributed by atoms with Crippen molar-refractivity contribution in [1.82, 2.24) is 4.90 Å². The highest BCUT2D eigenvalue weighted by Gasteiger charge is 2.79. The molecule has 45 heavy (non-hydrogen) atoms. The van der Waals surface area contributed by atoms with Gasteiger partial charge in [-0.05, 0) is 62.3 Å². The Bertz CT molecular complexity index is 1450. The van der Waals surface area contributed by atoms with Gasteiger partial charge in [0.25, 0.3) is 5.91 Å². The minimum atomic E-state index is -1.22. The number of aryl methyl sites for hydroxylation is 2. The molecule has 1 N–H and O–H groups in total. The molecule has 3 aliphatic rings. The number of rotatable bonds is 12. The molecule has 6 atom stereocenters. The first-order valence-corrected chi connectivity index (χ1v) is 16.1. The standard InChI is InChI=1S/C37H47N3O5/c1-8-21-38(27-17-12-11-13-18-27)33(42)29-30-34(43)40(28(23-41)24(4)5)32(37(30)20-19-36(29,10-3)45-37)35(44)39(22-9-2)31-25(6)15-14-16-26(31)7/h8-9,11-18,24,28-30,32,41H,1-2,10,19-23H2,3-7H3/t28-,29+,30-,32?,36-,37?/m0/s1. The van der Waals surface area contributed by atoms with E-state index in [2.05, 4.69) is 13.2 Å². The van der Waals surface area contributed by atoms with Gasteiger partial charge in [0, 0.05) is 24.5 Å². The van der Waals surface area contributed by atoms with Crippen LogP contribution in [0.1, 0.15) is 51.2 Å². The lowest BCUT2D eigenvalue weighted by atomic mass is 9.64. The molecule has 3 fully saturated rings.